The minimum atomic E-state index is -4.06. The van der Waals surface area contributed by atoms with Crippen molar-refractivity contribution >= 4 is 33.3 Å². The average molecular weight is 580 g/mol. The van der Waals surface area contributed by atoms with Crippen LogP contribution in [-0.2, 0) is 19.6 Å². The number of fused-ring (bicyclic) bond motifs is 1. The van der Waals surface area contributed by atoms with Crippen LogP contribution in [0.5, 0.6) is 11.5 Å². The van der Waals surface area contributed by atoms with E-state index in [-0.39, 0.29) is 30.2 Å². The lowest BCUT2D eigenvalue weighted by molar-refractivity contribution is -0.148. The van der Waals surface area contributed by atoms with E-state index in [1.54, 1.807) is 44.2 Å². The number of hydrogen-bond donors (Lipinski definition) is 2. The Bertz CT molecular complexity index is 1530. The molecule has 0 radical (unpaired) electrons. The zero-order valence-electron chi connectivity index (χ0n) is 23.0. The van der Waals surface area contributed by atoms with Gasteiger partial charge in [0.15, 0.2) is 11.5 Å². The Balaban J connectivity index is 1.45. The number of ether oxygens (including phenoxy) is 3. The van der Waals surface area contributed by atoms with Crippen molar-refractivity contribution in [3.63, 3.8) is 0 Å². The summed E-state index contributed by atoms with van der Waals surface area (Å²) < 4.78 is 46.4. The number of nitrogens with zero attached hydrogens (tertiary/aromatic N) is 1. The minimum Gasteiger partial charge on any atom is -0.466 e. The molecule has 0 aromatic heterocycles. The van der Waals surface area contributed by atoms with Gasteiger partial charge in [0.1, 0.15) is 4.90 Å². The summed E-state index contributed by atoms with van der Waals surface area (Å²) in [5, 5.41) is 2.80. The monoisotopic (exact) mass is 579 g/mol. The molecule has 11 heteroatoms. The van der Waals surface area contributed by atoms with Crippen LogP contribution in [-0.4, -0.2) is 46.8 Å². The van der Waals surface area contributed by atoms with Crippen LogP contribution in [0.3, 0.4) is 0 Å². The number of rotatable bonds is 9. The molecule has 3 aromatic carbocycles. The topological polar surface area (TPSA) is 123 Å². The van der Waals surface area contributed by atoms with Crippen molar-refractivity contribution in [3.05, 3.63) is 77.9 Å². The number of esters is 1. The SMILES string of the molecule is CCOC(=O)[C@@H]1CCCN(c2ccc(NC(=O)c3ccc4c(c3)OCO4)cc2S(=O)(=O)N[C@@H](C)c2ccccc2)C1. The number of piperidine rings is 1. The first kappa shape index (κ1) is 28.4. The average Bonchev–Trinajstić information content (AvgIpc) is 3.46. The molecule has 2 atom stereocenters. The van der Waals surface area contributed by atoms with E-state index in [0.717, 1.165) is 5.56 Å². The van der Waals surface area contributed by atoms with Crippen LogP contribution >= 0.6 is 0 Å². The van der Waals surface area contributed by atoms with E-state index in [1.165, 1.54) is 6.07 Å². The van der Waals surface area contributed by atoms with Gasteiger partial charge < -0.3 is 24.4 Å². The third-order valence-corrected chi connectivity index (χ3v) is 8.73. The van der Waals surface area contributed by atoms with Crippen molar-refractivity contribution in [2.75, 3.05) is 36.7 Å². The van der Waals surface area contributed by atoms with E-state index in [9.17, 15) is 18.0 Å². The second-order valence-corrected chi connectivity index (χ2v) is 11.7. The van der Waals surface area contributed by atoms with E-state index in [4.69, 9.17) is 14.2 Å². The van der Waals surface area contributed by atoms with E-state index in [0.29, 0.717) is 54.4 Å². The van der Waals surface area contributed by atoms with Crippen LogP contribution in [0.2, 0.25) is 0 Å². The van der Waals surface area contributed by atoms with Gasteiger partial charge in [0.2, 0.25) is 16.8 Å². The van der Waals surface area contributed by atoms with E-state index in [2.05, 4.69) is 10.0 Å². The number of sulfonamides is 1. The molecule has 2 aliphatic heterocycles. The van der Waals surface area contributed by atoms with Crippen LogP contribution in [0, 0.1) is 5.92 Å². The molecule has 1 amide bonds. The fourth-order valence-electron chi connectivity index (χ4n) is 5.06. The van der Waals surface area contributed by atoms with Crippen LogP contribution in [0.1, 0.15) is 48.7 Å². The first-order chi connectivity index (χ1) is 19.7. The zero-order valence-corrected chi connectivity index (χ0v) is 23.8. The molecular formula is C30H33N3O7S. The molecule has 0 spiro atoms. The third kappa shape index (κ3) is 6.47. The summed E-state index contributed by atoms with van der Waals surface area (Å²) in [6.45, 7) is 4.82. The highest BCUT2D eigenvalue weighted by Crippen LogP contribution is 2.35. The van der Waals surface area contributed by atoms with Gasteiger partial charge in [-0.05, 0) is 68.7 Å². The molecule has 10 nitrogen and oxygen atoms in total. The number of anilines is 2. The van der Waals surface area contributed by atoms with Crippen molar-refractivity contribution in [2.45, 2.75) is 37.6 Å². The maximum atomic E-state index is 13.9. The normalized spacial score (nSPS) is 17.1. The molecule has 0 bridgehead atoms. The van der Waals surface area contributed by atoms with Crippen molar-refractivity contribution in [3.8, 4) is 11.5 Å². The summed E-state index contributed by atoms with van der Waals surface area (Å²) in [6.07, 6.45) is 1.38. The molecular weight excluding hydrogens is 546 g/mol. The van der Waals surface area contributed by atoms with Crippen molar-refractivity contribution in [1.29, 1.82) is 0 Å². The number of carbonyl (C=O) groups excluding carboxylic acids is 2. The maximum Gasteiger partial charge on any atom is 0.310 e. The van der Waals surface area contributed by atoms with E-state index >= 15 is 0 Å². The number of hydrogen-bond acceptors (Lipinski definition) is 8. The Hall–Kier alpha value is -4.09. The lowest BCUT2D eigenvalue weighted by atomic mass is 9.97. The Labute approximate surface area is 239 Å². The van der Waals surface area contributed by atoms with Gasteiger partial charge in [-0.15, -0.1) is 0 Å². The van der Waals surface area contributed by atoms with Gasteiger partial charge >= 0.3 is 5.97 Å². The molecule has 5 rings (SSSR count). The van der Waals surface area contributed by atoms with E-state index in [1.807, 2.05) is 35.2 Å². The number of benzene rings is 3. The lowest BCUT2D eigenvalue weighted by Gasteiger charge is -2.34. The largest absolute Gasteiger partial charge is 0.466 e. The summed E-state index contributed by atoms with van der Waals surface area (Å²) in [5.41, 5.74) is 1.91. The molecule has 0 saturated carbocycles. The molecule has 2 aliphatic rings. The molecule has 0 unspecified atom stereocenters. The van der Waals surface area contributed by atoms with Gasteiger partial charge in [-0.3, -0.25) is 9.59 Å². The molecule has 2 N–H and O–H groups in total. The smallest absolute Gasteiger partial charge is 0.310 e. The summed E-state index contributed by atoms with van der Waals surface area (Å²) in [5.74, 6) is -0.0478. The summed E-state index contributed by atoms with van der Waals surface area (Å²) >= 11 is 0. The molecule has 1 fully saturated rings. The van der Waals surface area contributed by atoms with Crippen molar-refractivity contribution in [1.82, 2.24) is 4.72 Å². The third-order valence-electron chi connectivity index (χ3n) is 7.16. The van der Waals surface area contributed by atoms with Crippen LogP contribution < -0.4 is 24.4 Å². The second-order valence-electron chi connectivity index (χ2n) is 10.00. The molecule has 3 aromatic rings. The number of amides is 1. The van der Waals surface area contributed by atoms with Crippen molar-refractivity contribution in [2.24, 2.45) is 5.92 Å². The Morgan fingerprint density at radius 2 is 1.83 bits per heavy atom. The Morgan fingerprint density at radius 3 is 2.61 bits per heavy atom. The molecule has 41 heavy (non-hydrogen) atoms. The highest BCUT2D eigenvalue weighted by atomic mass is 32.2. The van der Waals surface area contributed by atoms with Gasteiger partial charge in [-0.25, -0.2) is 13.1 Å². The molecule has 0 aliphatic carbocycles. The van der Waals surface area contributed by atoms with E-state index < -0.39 is 22.0 Å². The highest BCUT2D eigenvalue weighted by molar-refractivity contribution is 7.89. The highest BCUT2D eigenvalue weighted by Gasteiger charge is 2.31. The van der Waals surface area contributed by atoms with Crippen LogP contribution in [0.25, 0.3) is 0 Å². The van der Waals surface area contributed by atoms with Crippen molar-refractivity contribution < 1.29 is 32.2 Å². The fourth-order valence-corrected chi connectivity index (χ4v) is 6.55. The molecule has 216 valence electrons. The fraction of sp³-hybridized carbons (Fsp3) is 0.333. The first-order valence-corrected chi connectivity index (χ1v) is 15.1. The van der Waals surface area contributed by atoms with Gasteiger partial charge in [0.25, 0.3) is 5.91 Å². The molecule has 1 saturated heterocycles. The van der Waals surface area contributed by atoms with Crippen LogP contribution in [0.15, 0.2) is 71.6 Å². The van der Waals surface area contributed by atoms with Gasteiger partial charge in [0.05, 0.1) is 18.2 Å². The Morgan fingerprint density at radius 1 is 1.05 bits per heavy atom. The van der Waals surface area contributed by atoms with Gasteiger partial charge in [-0.2, -0.15) is 0 Å². The van der Waals surface area contributed by atoms with Gasteiger partial charge in [-0.1, -0.05) is 30.3 Å². The Kier molecular flexibility index (Phi) is 8.46. The number of nitrogens with one attached hydrogen (secondary N) is 2. The summed E-state index contributed by atoms with van der Waals surface area (Å²) in [7, 11) is -4.06. The minimum absolute atomic E-state index is 0.00766. The maximum absolute atomic E-state index is 13.9. The molecule has 2 heterocycles. The zero-order chi connectivity index (χ0) is 29.0. The first-order valence-electron chi connectivity index (χ1n) is 13.6. The van der Waals surface area contributed by atoms with Gasteiger partial charge in [0, 0.05) is 30.4 Å². The van der Waals surface area contributed by atoms with Crippen LogP contribution in [0.4, 0.5) is 11.4 Å². The standard InChI is InChI=1S/C30H33N3O7S/c1-3-38-30(35)23-10-7-15-33(18-23)25-13-12-24(31-29(34)22-11-14-26-27(16-22)40-19-39-26)17-28(25)41(36,37)32-20(2)21-8-5-4-6-9-21/h4-6,8-9,11-14,16-17,20,23,32H,3,7,10,15,18-19H2,1-2H3,(H,31,34)/t20-,23+/m0/s1. The number of carbonyl (C=O) groups is 2. The predicted octanol–water partition coefficient (Wildman–Crippen LogP) is 4.49. The summed E-state index contributed by atoms with van der Waals surface area (Å²) in [6, 6.07) is 18.4. The lowest BCUT2D eigenvalue weighted by Crippen LogP contribution is -2.40. The quantitative estimate of drug-likeness (QED) is 0.356. The predicted molar refractivity (Wildman–Crippen MR) is 154 cm³/mol. The summed E-state index contributed by atoms with van der Waals surface area (Å²) in [4.78, 5) is 27.5. The second kappa shape index (κ2) is 12.2.